The van der Waals surface area contributed by atoms with Gasteiger partial charge in [-0.25, -0.2) is 9.78 Å². The van der Waals surface area contributed by atoms with Crippen LogP contribution in [0.15, 0.2) is 32.6 Å². The first-order chi connectivity index (χ1) is 16.2. The minimum Gasteiger partial charge on any atom is -0.397 e. The average molecular weight is 474 g/mol. The van der Waals surface area contributed by atoms with Crippen LogP contribution >= 0.6 is 11.8 Å². The first-order valence-electron chi connectivity index (χ1n) is 13.7. The van der Waals surface area contributed by atoms with E-state index in [-0.39, 0.29) is 5.63 Å². The topological polar surface area (TPSA) is 43.1 Å². The molecule has 3 nitrogen and oxygen atoms in total. The molecular weight excluding hydrogens is 426 g/mol. The molecule has 2 aromatic rings. The van der Waals surface area contributed by atoms with E-state index in [0.29, 0.717) is 10.6 Å². The fourth-order valence-corrected chi connectivity index (χ4v) is 5.21. The lowest BCUT2D eigenvalue weighted by molar-refractivity contribution is 0.401. The summed E-state index contributed by atoms with van der Waals surface area (Å²) < 4.78 is 5.38. The van der Waals surface area contributed by atoms with E-state index in [9.17, 15) is 4.79 Å². The number of rotatable bonds is 20. The zero-order chi connectivity index (χ0) is 23.6. The van der Waals surface area contributed by atoms with Crippen molar-refractivity contribution in [1.82, 2.24) is 4.98 Å². The lowest BCUT2D eigenvalue weighted by atomic mass is 10.0. The summed E-state index contributed by atoms with van der Waals surface area (Å²) >= 11 is 1.56. The summed E-state index contributed by atoms with van der Waals surface area (Å²) in [5.41, 5.74) is 1.51. The lowest BCUT2D eigenvalue weighted by Gasteiger charge is -2.04. The van der Waals surface area contributed by atoms with Crippen LogP contribution in [0.25, 0.3) is 10.9 Å². The molecule has 0 amide bonds. The largest absolute Gasteiger partial charge is 0.397 e. The first-order valence-corrected chi connectivity index (χ1v) is 14.7. The summed E-state index contributed by atoms with van der Waals surface area (Å²) in [6, 6.07) is 5.74. The Labute approximate surface area is 206 Å². The molecule has 186 valence electrons. The van der Waals surface area contributed by atoms with Crippen LogP contribution in [0.2, 0.25) is 0 Å². The predicted octanol–water partition coefficient (Wildman–Crippen LogP) is 9.63. The van der Waals surface area contributed by atoms with Crippen molar-refractivity contribution in [2.24, 2.45) is 0 Å². The third-order valence-corrected chi connectivity index (χ3v) is 7.40. The van der Waals surface area contributed by atoms with Gasteiger partial charge in [-0.05, 0) is 25.5 Å². The lowest BCUT2D eigenvalue weighted by Crippen LogP contribution is -2.02. The highest BCUT2D eigenvalue weighted by molar-refractivity contribution is 7.99. The molecule has 0 aliphatic heterocycles. The van der Waals surface area contributed by atoms with E-state index in [1.807, 2.05) is 25.1 Å². The van der Waals surface area contributed by atoms with Crippen molar-refractivity contribution in [3.8, 4) is 0 Å². The molecule has 0 fully saturated rings. The highest BCUT2D eigenvalue weighted by Crippen LogP contribution is 2.20. The number of unbranched alkanes of at least 4 members (excludes halogenated alkanes) is 17. The Kier molecular flexibility index (Phi) is 15.3. The van der Waals surface area contributed by atoms with Crippen LogP contribution < -0.4 is 5.63 Å². The molecule has 0 unspecified atom stereocenters. The van der Waals surface area contributed by atoms with E-state index >= 15 is 0 Å². The molecule has 33 heavy (non-hydrogen) atoms. The van der Waals surface area contributed by atoms with E-state index in [1.165, 1.54) is 109 Å². The molecule has 0 N–H and O–H groups in total. The zero-order valence-electron chi connectivity index (χ0n) is 21.3. The standard InChI is InChI=1S/C29H47NO2S/c1-3-4-5-6-7-8-9-10-11-12-13-14-15-16-17-18-19-20-23-33-29-30-27-22-21-25(2)24-26(27)28(31)32-29/h21-22,24H,3-20,23H2,1-2H3. The molecule has 1 aromatic carbocycles. The van der Waals surface area contributed by atoms with Crippen molar-refractivity contribution in [3.63, 3.8) is 0 Å². The van der Waals surface area contributed by atoms with Gasteiger partial charge in [0, 0.05) is 5.75 Å². The normalized spacial score (nSPS) is 11.5. The Morgan fingerprint density at radius 3 is 1.73 bits per heavy atom. The van der Waals surface area contributed by atoms with Crippen molar-refractivity contribution in [3.05, 3.63) is 34.2 Å². The summed E-state index contributed by atoms with van der Waals surface area (Å²) in [5, 5.41) is 1.08. The summed E-state index contributed by atoms with van der Waals surface area (Å²) in [5.74, 6) is 0.964. The van der Waals surface area contributed by atoms with Crippen LogP contribution in [0.3, 0.4) is 0 Å². The molecule has 1 heterocycles. The maximum absolute atomic E-state index is 12.1. The van der Waals surface area contributed by atoms with Crippen LogP contribution in [-0.4, -0.2) is 10.7 Å². The second-order valence-corrected chi connectivity index (χ2v) is 10.7. The highest BCUT2D eigenvalue weighted by Gasteiger charge is 2.07. The Morgan fingerprint density at radius 1 is 0.727 bits per heavy atom. The van der Waals surface area contributed by atoms with Crippen molar-refractivity contribution in [2.45, 2.75) is 135 Å². The molecule has 0 atom stereocenters. The number of fused-ring (bicyclic) bond motifs is 1. The minimum absolute atomic E-state index is 0.274. The van der Waals surface area contributed by atoms with E-state index < -0.39 is 0 Å². The molecule has 0 aliphatic carbocycles. The van der Waals surface area contributed by atoms with Crippen LogP contribution in [0.4, 0.5) is 0 Å². The van der Waals surface area contributed by atoms with Gasteiger partial charge in [-0.3, -0.25) is 0 Å². The quantitative estimate of drug-likeness (QED) is 0.142. The summed E-state index contributed by atoms with van der Waals surface area (Å²) in [6.45, 7) is 4.26. The van der Waals surface area contributed by atoms with Gasteiger partial charge in [-0.15, -0.1) is 0 Å². The van der Waals surface area contributed by atoms with Crippen LogP contribution in [-0.2, 0) is 0 Å². The fourth-order valence-electron chi connectivity index (χ4n) is 4.39. The van der Waals surface area contributed by atoms with Gasteiger partial charge in [0.2, 0.25) is 0 Å². The molecule has 0 radical (unpaired) electrons. The van der Waals surface area contributed by atoms with Crippen molar-refractivity contribution in [1.29, 1.82) is 0 Å². The van der Waals surface area contributed by atoms with Gasteiger partial charge in [0.25, 0.3) is 5.22 Å². The number of aryl methyl sites for hydroxylation is 1. The maximum Gasteiger partial charge on any atom is 0.347 e. The number of hydrogen-bond donors (Lipinski definition) is 0. The summed E-state index contributed by atoms with van der Waals surface area (Å²) in [7, 11) is 0. The van der Waals surface area contributed by atoms with Gasteiger partial charge >= 0.3 is 5.63 Å². The molecule has 0 saturated carbocycles. The number of nitrogens with zero attached hydrogens (tertiary/aromatic N) is 1. The van der Waals surface area contributed by atoms with Crippen LogP contribution in [0, 0.1) is 6.92 Å². The molecule has 0 bridgehead atoms. The average Bonchev–Trinajstić information content (AvgIpc) is 2.81. The highest BCUT2D eigenvalue weighted by atomic mass is 32.2. The summed E-state index contributed by atoms with van der Waals surface area (Å²) in [4.78, 5) is 16.6. The van der Waals surface area contributed by atoms with Gasteiger partial charge in [-0.1, -0.05) is 139 Å². The molecule has 0 aliphatic rings. The Balaban J connectivity index is 1.36. The fraction of sp³-hybridized carbons (Fsp3) is 0.724. The monoisotopic (exact) mass is 473 g/mol. The second kappa shape index (κ2) is 18.1. The van der Waals surface area contributed by atoms with Crippen LogP contribution in [0.1, 0.15) is 128 Å². The Morgan fingerprint density at radius 2 is 1.21 bits per heavy atom. The van der Waals surface area contributed by atoms with Gasteiger partial charge in [0.05, 0.1) is 10.9 Å². The van der Waals surface area contributed by atoms with E-state index in [4.69, 9.17) is 4.42 Å². The van der Waals surface area contributed by atoms with Crippen molar-refractivity contribution < 1.29 is 4.42 Å². The van der Waals surface area contributed by atoms with Crippen molar-refractivity contribution in [2.75, 3.05) is 5.75 Å². The zero-order valence-corrected chi connectivity index (χ0v) is 22.2. The number of aromatic nitrogens is 1. The van der Waals surface area contributed by atoms with E-state index in [0.717, 1.165) is 23.3 Å². The third kappa shape index (κ3) is 12.7. The number of hydrogen-bond acceptors (Lipinski definition) is 4. The van der Waals surface area contributed by atoms with E-state index in [1.54, 1.807) is 11.8 Å². The van der Waals surface area contributed by atoms with E-state index in [2.05, 4.69) is 11.9 Å². The smallest absolute Gasteiger partial charge is 0.347 e. The van der Waals surface area contributed by atoms with Crippen molar-refractivity contribution >= 4 is 22.7 Å². The second-order valence-electron chi connectivity index (χ2n) is 9.65. The first kappa shape index (κ1) is 28.0. The Hall–Kier alpha value is -1.29. The molecule has 4 heteroatoms. The van der Waals surface area contributed by atoms with Crippen LogP contribution in [0.5, 0.6) is 0 Å². The maximum atomic E-state index is 12.1. The third-order valence-electron chi connectivity index (χ3n) is 6.49. The van der Waals surface area contributed by atoms with Gasteiger partial charge in [0.1, 0.15) is 0 Å². The molecular formula is C29H47NO2S. The number of thioether (sulfide) groups is 1. The van der Waals surface area contributed by atoms with Gasteiger partial charge in [-0.2, -0.15) is 0 Å². The predicted molar refractivity (Wildman–Crippen MR) is 145 cm³/mol. The van der Waals surface area contributed by atoms with Gasteiger partial charge < -0.3 is 4.42 Å². The molecule has 1 aromatic heterocycles. The Bertz CT molecular complexity index is 817. The SMILES string of the molecule is CCCCCCCCCCCCCCCCCCCCSc1nc2ccc(C)cc2c(=O)o1. The molecule has 0 saturated heterocycles. The van der Waals surface area contributed by atoms with Gasteiger partial charge in [0.15, 0.2) is 0 Å². The molecule has 2 rings (SSSR count). The molecule has 0 spiro atoms. The number of benzene rings is 1. The summed E-state index contributed by atoms with van der Waals surface area (Å²) in [6.07, 6.45) is 25.0. The minimum atomic E-state index is -0.274.